The third-order valence-electron chi connectivity index (χ3n) is 5.63. The molecule has 1 saturated heterocycles. The van der Waals surface area contributed by atoms with E-state index in [2.05, 4.69) is 9.71 Å². The summed E-state index contributed by atoms with van der Waals surface area (Å²) in [6, 6.07) is 8.19. The number of piperidine rings is 1. The van der Waals surface area contributed by atoms with E-state index >= 15 is 0 Å². The highest BCUT2D eigenvalue weighted by atomic mass is 35.5. The molecule has 1 aromatic carbocycles. The minimum atomic E-state index is -3.57. The standard InChI is InChI=1S/C22H27ClN6O3S/c1-14-11-21(27(2)3)29-20(24-14)13-18(25-29)19-7-5-6-10-28(19)22(30)16-12-15(23)8-9-17(16)26-33(4,31)32/h8-9,11-13,19,26H,5-7,10H2,1-4H3/t19-/m0/s1. The lowest BCUT2D eigenvalue weighted by Gasteiger charge is -2.35. The molecule has 176 valence electrons. The number of nitrogens with one attached hydrogen (secondary N) is 1. The van der Waals surface area contributed by atoms with Crippen LogP contribution in [0.1, 0.15) is 47.1 Å². The van der Waals surface area contributed by atoms with Gasteiger partial charge in [0.15, 0.2) is 5.65 Å². The van der Waals surface area contributed by atoms with Gasteiger partial charge in [-0.05, 0) is 44.4 Å². The Bertz CT molecular complexity index is 1320. The highest BCUT2D eigenvalue weighted by Gasteiger charge is 2.32. The van der Waals surface area contributed by atoms with Crippen LogP contribution in [0.3, 0.4) is 0 Å². The van der Waals surface area contributed by atoms with Gasteiger partial charge >= 0.3 is 0 Å². The fourth-order valence-electron chi connectivity index (χ4n) is 4.20. The summed E-state index contributed by atoms with van der Waals surface area (Å²) >= 11 is 6.16. The number of hydrogen-bond acceptors (Lipinski definition) is 6. The number of fused-ring (bicyclic) bond motifs is 1. The molecule has 1 atom stereocenters. The van der Waals surface area contributed by atoms with Crippen molar-refractivity contribution in [3.63, 3.8) is 0 Å². The second kappa shape index (κ2) is 8.83. The van der Waals surface area contributed by atoms with Crippen molar-refractivity contribution < 1.29 is 13.2 Å². The van der Waals surface area contributed by atoms with Gasteiger partial charge in [-0.3, -0.25) is 9.52 Å². The number of hydrogen-bond donors (Lipinski definition) is 1. The van der Waals surface area contributed by atoms with Gasteiger partial charge in [0.2, 0.25) is 10.0 Å². The number of halogens is 1. The number of amides is 1. The molecule has 0 spiro atoms. The van der Waals surface area contributed by atoms with Gasteiger partial charge in [-0.2, -0.15) is 9.61 Å². The van der Waals surface area contributed by atoms with Crippen LogP contribution in [0.25, 0.3) is 5.65 Å². The molecule has 1 aliphatic rings. The lowest BCUT2D eigenvalue weighted by molar-refractivity contribution is 0.0607. The molecule has 1 N–H and O–H groups in total. The predicted molar refractivity (Wildman–Crippen MR) is 130 cm³/mol. The molecule has 0 radical (unpaired) electrons. The summed E-state index contributed by atoms with van der Waals surface area (Å²) in [5.74, 6) is 0.606. The molecule has 9 nitrogen and oxygen atoms in total. The van der Waals surface area contributed by atoms with E-state index in [0.29, 0.717) is 17.2 Å². The normalized spacial score (nSPS) is 16.8. The largest absolute Gasteiger partial charge is 0.363 e. The zero-order valence-corrected chi connectivity index (χ0v) is 20.6. The van der Waals surface area contributed by atoms with Crippen LogP contribution in [-0.4, -0.2) is 60.7 Å². The average Bonchev–Trinajstić information content (AvgIpc) is 3.16. The highest BCUT2D eigenvalue weighted by Crippen LogP contribution is 2.34. The second-order valence-corrected chi connectivity index (χ2v) is 10.7. The summed E-state index contributed by atoms with van der Waals surface area (Å²) < 4.78 is 27.9. The monoisotopic (exact) mass is 490 g/mol. The highest BCUT2D eigenvalue weighted by molar-refractivity contribution is 7.92. The maximum atomic E-state index is 13.7. The molecule has 0 saturated carbocycles. The summed E-state index contributed by atoms with van der Waals surface area (Å²) in [6.07, 6.45) is 3.61. The van der Waals surface area contributed by atoms with E-state index in [9.17, 15) is 13.2 Å². The first-order valence-corrected chi connectivity index (χ1v) is 12.9. The topological polar surface area (TPSA) is 99.9 Å². The minimum absolute atomic E-state index is 0.207. The molecule has 33 heavy (non-hydrogen) atoms. The van der Waals surface area contributed by atoms with Crippen LogP contribution in [0.5, 0.6) is 0 Å². The number of likely N-dealkylation sites (tertiary alicyclic amines) is 1. The third kappa shape index (κ3) is 4.91. The van der Waals surface area contributed by atoms with Crippen LogP contribution in [0.15, 0.2) is 30.3 Å². The molecular formula is C22H27ClN6O3S. The van der Waals surface area contributed by atoms with Gasteiger partial charge in [0, 0.05) is 43.5 Å². The first-order valence-electron chi connectivity index (χ1n) is 10.7. The van der Waals surface area contributed by atoms with E-state index in [1.807, 2.05) is 38.1 Å². The molecule has 0 unspecified atom stereocenters. The van der Waals surface area contributed by atoms with Crippen molar-refractivity contribution in [3.8, 4) is 0 Å². The fourth-order valence-corrected chi connectivity index (χ4v) is 4.95. The first kappa shape index (κ1) is 23.3. The van der Waals surface area contributed by atoms with E-state index in [0.717, 1.165) is 42.7 Å². The number of benzene rings is 1. The van der Waals surface area contributed by atoms with Gasteiger partial charge in [-0.15, -0.1) is 0 Å². The van der Waals surface area contributed by atoms with E-state index in [-0.39, 0.29) is 23.2 Å². The Kier molecular flexibility index (Phi) is 6.24. The zero-order chi connectivity index (χ0) is 23.9. The van der Waals surface area contributed by atoms with Crippen LogP contribution in [-0.2, 0) is 10.0 Å². The smallest absolute Gasteiger partial charge is 0.256 e. The molecule has 3 aromatic rings. The number of aryl methyl sites for hydroxylation is 1. The molecule has 2 aromatic heterocycles. The van der Waals surface area contributed by atoms with Crippen molar-refractivity contribution in [1.82, 2.24) is 19.5 Å². The fraction of sp³-hybridized carbons (Fsp3) is 0.409. The van der Waals surface area contributed by atoms with Gasteiger partial charge in [-0.25, -0.2) is 13.4 Å². The molecule has 1 amide bonds. The third-order valence-corrected chi connectivity index (χ3v) is 6.45. The van der Waals surface area contributed by atoms with Crippen LogP contribution in [0.4, 0.5) is 11.5 Å². The molecule has 4 rings (SSSR count). The lowest BCUT2D eigenvalue weighted by Crippen LogP contribution is -2.39. The Labute approximate surface area is 198 Å². The number of nitrogens with zero attached hydrogens (tertiary/aromatic N) is 5. The van der Waals surface area contributed by atoms with E-state index in [1.54, 1.807) is 15.5 Å². The number of anilines is 2. The Balaban J connectivity index is 1.76. The second-order valence-electron chi connectivity index (χ2n) is 8.56. The molecule has 11 heteroatoms. The summed E-state index contributed by atoms with van der Waals surface area (Å²) in [4.78, 5) is 22.0. The number of rotatable bonds is 5. The molecule has 0 bridgehead atoms. The number of aromatic nitrogens is 3. The van der Waals surface area contributed by atoms with Gasteiger partial charge in [0.25, 0.3) is 5.91 Å². The Morgan fingerprint density at radius 2 is 1.97 bits per heavy atom. The van der Waals surface area contributed by atoms with E-state index in [1.165, 1.54) is 12.1 Å². The van der Waals surface area contributed by atoms with Crippen molar-refractivity contribution in [2.75, 3.05) is 36.5 Å². The maximum Gasteiger partial charge on any atom is 0.256 e. The first-order chi connectivity index (χ1) is 15.5. The Hall–Kier alpha value is -2.85. The van der Waals surface area contributed by atoms with Gasteiger partial charge < -0.3 is 9.80 Å². The molecule has 1 fully saturated rings. The SMILES string of the molecule is Cc1cc(N(C)C)n2nc([C@@H]3CCCCN3C(=O)c3cc(Cl)ccc3NS(C)(=O)=O)cc2n1. The lowest BCUT2D eigenvalue weighted by atomic mass is 9.98. The van der Waals surface area contributed by atoms with Crippen molar-refractivity contribution in [2.45, 2.75) is 32.2 Å². The molecule has 3 heterocycles. The maximum absolute atomic E-state index is 13.7. The van der Waals surface area contributed by atoms with Crippen molar-refractivity contribution in [1.29, 1.82) is 0 Å². The summed E-state index contributed by atoms with van der Waals surface area (Å²) in [5.41, 5.74) is 2.77. The van der Waals surface area contributed by atoms with Crippen molar-refractivity contribution in [2.24, 2.45) is 0 Å². The molecule has 0 aliphatic carbocycles. The summed E-state index contributed by atoms with van der Waals surface area (Å²) in [7, 11) is 0.323. The van der Waals surface area contributed by atoms with Gasteiger partial charge in [0.05, 0.1) is 29.2 Å². The van der Waals surface area contributed by atoms with Crippen molar-refractivity contribution >= 4 is 44.7 Å². The number of carbonyl (C=O) groups excluding carboxylic acids is 1. The summed E-state index contributed by atoms with van der Waals surface area (Å²) in [5, 5.41) is 5.16. The van der Waals surface area contributed by atoms with Gasteiger partial charge in [0.1, 0.15) is 5.82 Å². The number of carbonyl (C=O) groups is 1. The van der Waals surface area contributed by atoms with Gasteiger partial charge in [-0.1, -0.05) is 11.6 Å². The van der Waals surface area contributed by atoms with Crippen LogP contribution in [0.2, 0.25) is 5.02 Å². The van der Waals surface area contributed by atoms with Crippen LogP contribution >= 0.6 is 11.6 Å². The predicted octanol–water partition coefficient (Wildman–Crippen LogP) is 3.50. The molecular weight excluding hydrogens is 464 g/mol. The molecule has 1 aliphatic heterocycles. The van der Waals surface area contributed by atoms with Crippen LogP contribution in [0, 0.1) is 6.92 Å². The van der Waals surface area contributed by atoms with E-state index in [4.69, 9.17) is 16.7 Å². The van der Waals surface area contributed by atoms with Crippen molar-refractivity contribution in [3.05, 3.63) is 52.3 Å². The zero-order valence-electron chi connectivity index (χ0n) is 19.0. The van der Waals surface area contributed by atoms with Crippen LogP contribution < -0.4 is 9.62 Å². The summed E-state index contributed by atoms with van der Waals surface area (Å²) in [6.45, 7) is 2.47. The average molecular weight is 491 g/mol. The van der Waals surface area contributed by atoms with E-state index < -0.39 is 10.0 Å². The Morgan fingerprint density at radius 1 is 1.21 bits per heavy atom. The Morgan fingerprint density at radius 3 is 2.67 bits per heavy atom. The number of sulfonamides is 1. The minimum Gasteiger partial charge on any atom is -0.363 e. The quantitative estimate of drug-likeness (QED) is 0.587.